The lowest BCUT2D eigenvalue weighted by atomic mass is 9.95. The van der Waals surface area contributed by atoms with Crippen molar-refractivity contribution in [3.63, 3.8) is 0 Å². The molecule has 1 fully saturated rings. The minimum atomic E-state index is 0.226. The van der Waals surface area contributed by atoms with Crippen molar-refractivity contribution < 1.29 is 14.6 Å². The first-order valence-corrected chi connectivity index (χ1v) is 5.39. The minimum Gasteiger partial charge on any atom is -0.454 e. The van der Waals surface area contributed by atoms with Crippen molar-refractivity contribution in [1.29, 1.82) is 0 Å². The Balaban J connectivity index is 1.90. The largest absolute Gasteiger partial charge is 0.454 e. The molecule has 1 unspecified atom stereocenters. The third-order valence-electron chi connectivity index (χ3n) is 3.21. The Labute approximate surface area is 88.6 Å². The fraction of sp³-hybridized carbons (Fsp3) is 0.500. The highest BCUT2D eigenvalue weighted by molar-refractivity contribution is 5.45. The van der Waals surface area contributed by atoms with Crippen LogP contribution in [0.3, 0.4) is 0 Å². The third-order valence-corrected chi connectivity index (χ3v) is 3.21. The standard InChI is InChI=1S/C12H14O3/c13-6-10(8-1-2-8)9-3-4-11-12(5-9)15-7-14-11/h3-5,8,10,13H,1-2,6-7H2. The lowest BCUT2D eigenvalue weighted by molar-refractivity contribution is 0.174. The van der Waals surface area contributed by atoms with Gasteiger partial charge in [0.25, 0.3) is 0 Å². The van der Waals surface area contributed by atoms with Crippen LogP contribution in [0.15, 0.2) is 18.2 Å². The topological polar surface area (TPSA) is 38.7 Å². The molecule has 1 aliphatic carbocycles. The number of fused-ring (bicyclic) bond motifs is 1. The van der Waals surface area contributed by atoms with Crippen LogP contribution in [0.25, 0.3) is 0 Å². The van der Waals surface area contributed by atoms with Crippen LogP contribution in [0, 0.1) is 5.92 Å². The first kappa shape index (κ1) is 9.04. The maximum absolute atomic E-state index is 9.37. The van der Waals surface area contributed by atoms with Crippen molar-refractivity contribution in [3.8, 4) is 11.5 Å². The molecule has 0 radical (unpaired) electrons. The molecule has 1 aromatic carbocycles. The summed E-state index contributed by atoms with van der Waals surface area (Å²) in [5.41, 5.74) is 1.17. The van der Waals surface area contributed by atoms with Gasteiger partial charge >= 0.3 is 0 Å². The molecule has 0 spiro atoms. The number of ether oxygens (including phenoxy) is 2. The molecule has 1 aromatic rings. The normalized spacial score (nSPS) is 20.3. The summed E-state index contributed by atoms with van der Waals surface area (Å²) in [6, 6.07) is 5.97. The number of aliphatic hydroxyl groups excluding tert-OH is 1. The van der Waals surface area contributed by atoms with Gasteiger partial charge in [0, 0.05) is 5.92 Å². The minimum absolute atomic E-state index is 0.226. The quantitative estimate of drug-likeness (QED) is 0.820. The monoisotopic (exact) mass is 206 g/mol. The van der Waals surface area contributed by atoms with Gasteiger partial charge in [0.2, 0.25) is 6.79 Å². The third kappa shape index (κ3) is 1.57. The SMILES string of the molecule is OCC(c1ccc2c(c1)OCO2)C1CC1. The Hall–Kier alpha value is -1.22. The summed E-state index contributed by atoms with van der Waals surface area (Å²) in [6.45, 7) is 0.538. The van der Waals surface area contributed by atoms with E-state index in [1.165, 1.54) is 18.4 Å². The molecule has 1 atom stereocenters. The lowest BCUT2D eigenvalue weighted by Gasteiger charge is -2.13. The van der Waals surface area contributed by atoms with Gasteiger partial charge in [0.15, 0.2) is 11.5 Å². The van der Waals surface area contributed by atoms with E-state index in [0.717, 1.165) is 11.5 Å². The van der Waals surface area contributed by atoms with E-state index in [9.17, 15) is 5.11 Å². The highest BCUT2D eigenvalue weighted by atomic mass is 16.7. The van der Waals surface area contributed by atoms with E-state index in [1.54, 1.807) is 0 Å². The number of rotatable bonds is 3. The summed E-state index contributed by atoms with van der Waals surface area (Å²) < 4.78 is 10.6. The molecule has 0 bridgehead atoms. The van der Waals surface area contributed by atoms with Crippen molar-refractivity contribution in [2.45, 2.75) is 18.8 Å². The molecule has 0 amide bonds. The zero-order valence-electron chi connectivity index (χ0n) is 8.48. The average molecular weight is 206 g/mol. The number of hydrogen-bond donors (Lipinski definition) is 1. The van der Waals surface area contributed by atoms with Crippen LogP contribution in [0.1, 0.15) is 24.3 Å². The van der Waals surface area contributed by atoms with Gasteiger partial charge in [-0.2, -0.15) is 0 Å². The van der Waals surface area contributed by atoms with Crippen LogP contribution in [0.5, 0.6) is 11.5 Å². The summed E-state index contributed by atoms with van der Waals surface area (Å²) >= 11 is 0. The van der Waals surface area contributed by atoms with Crippen LogP contribution in [-0.4, -0.2) is 18.5 Å². The molecule has 3 rings (SSSR count). The molecular formula is C12H14O3. The molecule has 1 heterocycles. The van der Waals surface area contributed by atoms with Gasteiger partial charge in [-0.15, -0.1) is 0 Å². The Morgan fingerprint density at radius 2 is 2.07 bits per heavy atom. The summed E-state index contributed by atoms with van der Waals surface area (Å²) in [6.07, 6.45) is 2.47. The summed E-state index contributed by atoms with van der Waals surface area (Å²) in [7, 11) is 0. The molecule has 0 aromatic heterocycles. The Bertz CT molecular complexity index is 371. The number of benzene rings is 1. The number of hydrogen-bond acceptors (Lipinski definition) is 3. The zero-order chi connectivity index (χ0) is 10.3. The molecule has 1 saturated carbocycles. The Kier molecular flexibility index (Phi) is 2.06. The second-order valence-electron chi connectivity index (χ2n) is 4.24. The molecule has 2 aliphatic rings. The molecular weight excluding hydrogens is 192 g/mol. The smallest absolute Gasteiger partial charge is 0.231 e. The van der Waals surface area contributed by atoms with E-state index < -0.39 is 0 Å². The van der Waals surface area contributed by atoms with Crippen molar-refractivity contribution in [3.05, 3.63) is 23.8 Å². The lowest BCUT2D eigenvalue weighted by Crippen LogP contribution is -2.06. The van der Waals surface area contributed by atoms with Crippen molar-refractivity contribution in [2.24, 2.45) is 5.92 Å². The van der Waals surface area contributed by atoms with Gasteiger partial charge in [-0.3, -0.25) is 0 Å². The van der Waals surface area contributed by atoms with E-state index >= 15 is 0 Å². The second kappa shape index (κ2) is 3.42. The highest BCUT2D eigenvalue weighted by Crippen LogP contribution is 2.44. The number of aliphatic hydroxyl groups is 1. The van der Waals surface area contributed by atoms with Gasteiger partial charge in [0.1, 0.15) is 0 Å². The van der Waals surface area contributed by atoms with Crippen LogP contribution in [0.2, 0.25) is 0 Å². The van der Waals surface area contributed by atoms with Gasteiger partial charge < -0.3 is 14.6 Å². The first-order chi connectivity index (χ1) is 7.38. The summed E-state index contributed by atoms with van der Waals surface area (Å²) in [5, 5.41) is 9.37. The predicted molar refractivity (Wildman–Crippen MR) is 55.1 cm³/mol. The molecule has 3 nitrogen and oxygen atoms in total. The maximum atomic E-state index is 9.37. The highest BCUT2D eigenvalue weighted by Gasteiger charge is 2.32. The summed E-state index contributed by atoms with van der Waals surface area (Å²) in [4.78, 5) is 0. The fourth-order valence-electron chi connectivity index (χ4n) is 2.17. The van der Waals surface area contributed by atoms with Gasteiger partial charge in [-0.05, 0) is 36.5 Å². The van der Waals surface area contributed by atoms with E-state index in [0.29, 0.717) is 12.7 Å². The molecule has 0 saturated heterocycles. The molecule has 1 aliphatic heterocycles. The van der Waals surface area contributed by atoms with Gasteiger partial charge in [-0.1, -0.05) is 6.07 Å². The van der Waals surface area contributed by atoms with Gasteiger partial charge in [0.05, 0.1) is 6.61 Å². The van der Waals surface area contributed by atoms with E-state index in [-0.39, 0.29) is 12.5 Å². The molecule has 80 valence electrons. The van der Waals surface area contributed by atoms with Crippen molar-refractivity contribution in [1.82, 2.24) is 0 Å². The van der Waals surface area contributed by atoms with Crippen molar-refractivity contribution in [2.75, 3.05) is 13.4 Å². The Morgan fingerprint density at radius 1 is 1.27 bits per heavy atom. The average Bonchev–Trinajstić information content (AvgIpc) is 2.97. The first-order valence-electron chi connectivity index (χ1n) is 5.39. The molecule has 1 N–H and O–H groups in total. The predicted octanol–water partition coefficient (Wildman–Crippen LogP) is 1.90. The van der Waals surface area contributed by atoms with Crippen LogP contribution < -0.4 is 9.47 Å². The van der Waals surface area contributed by atoms with Crippen LogP contribution >= 0.6 is 0 Å². The maximum Gasteiger partial charge on any atom is 0.231 e. The van der Waals surface area contributed by atoms with E-state index in [2.05, 4.69) is 0 Å². The fourth-order valence-corrected chi connectivity index (χ4v) is 2.17. The molecule has 15 heavy (non-hydrogen) atoms. The van der Waals surface area contributed by atoms with Crippen LogP contribution in [-0.2, 0) is 0 Å². The van der Waals surface area contributed by atoms with E-state index in [1.807, 2.05) is 18.2 Å². The van der Waals surface area contributed by atoms with Gasteiger partial charge in [-0.25, -0.2) is 0 Å². The second-order valence-corrected chi connectivity index (χ2v) is 4.24. The summed E-state index contributed by atoms with van der Waals surface area (Å²) in [5.74, 6) is 2.56. The molecule has 3 heteroatoms. The van der Waals surface area contributed by atoms with Crippen LogP contribution in [0.4, 0.5) is 0 Å². The Morgan fingerprint density at radius 3 is 2.80 bits per heavy atom. The zero-order valence-corrected chi connectivity index (χ0v) is 8.48. The van der Waals surface area contributed by atoms with Crippen molar-refractivity contribution >= 4 is 0 Å². The van der Waals surface area contributed by atoms with E-state index in [4.69, 9.17) is 9.47 Å².